The fraction of sp³-hybridized carbons (Fsp3) is 0.286. The van der Waals surface area contributed by atoms with Gasteiger partial charge in [-0.15, -0.1) is 0 Å². The second-order valence-corrected chi connectivity index (χ2v) is 6.10. The normalized spacial score (nSPS) is 14.7. The van der Waals surface area contributed by atoms with Crippen LogP contribution in [0.1, 0.15) is 0 Å². The van der Waals surface area contributed by atoms with Crippen molar-refractivity contribution in [2.45, 2.75) is 0 Å². The molecule has 0 saturated heterocycles. The standard InChI is InChI=1S/C14H11Cl4NO5/c1-22-13(20)6-4-24-5-19(11(6)14(21)23-2)12-8(16)3-7(15)9(17)10(12)18/h3H,4-5H2,1-2H3. The van der Waals surface area contributed by atoms with Gasteiger partial charge in [-0.2, -0.15) is 0 Å². The highest BCUT2D eigenvalue weighted by Crippen LogP contribution is 2.45. The van der Waals surface area contributed by atoms with Crippen LogP contribution in [0.25, 0.3) is 0 Å². The second kappa shape index (κ2) is 7.80. The number of hydrogen-bond donors (Lipinski definition) is 0. The summed E-state index contributed by atoms with van der Waals surface area (Å²) in [6, 6.07) is 1.37. The van der Waals surface area contributed by atoms with Gasteiger partial charge < -0.3 is 19.1 Å². The molecule has 1 aromatic carbocycles. The van der Waals surface area contributed by atoms with E-state index < -0.39 is 11.9 Å². The SMILES string of the molecule is COC(=O)C1=C(C(=O)OC)N(c2c(Cl)cc(Cl)c(Cl)c2Cl)COC1. The van der Waals surface area contributed by atoms with Crippen molar-refractivity contribution in [2.24, 2.45) is 0 Å². The molecule has 1 aliphatic rings. The van der Waals surface area contributed by atoms with Gasteiger partial charge in [-0.05, 0) is 6.07 Å². The molecule has 0 spiro atoms. The van der Waals surface area contributed by atoms with E-state index >= 15 is 0 Å². The average molecular weight is 415 g/mol. The van der Waals surface area contributed by atoms with Gasteiger partial charge in [-0.1, -0.05) is 46.4 Å². The third kappa shape index (κ3) is 3.43. The Bertz CT molecular complexity index is 734. The minimum atomic E-state index is -0.781. The van der Waals surface area contributed by atoms with Crippen LogP contribution in [0.15, 0.2) is 17.3 Å². The Morgan fingerprint density at radius 3 is 2.25 bits per heavy atom. The van der Waals surface area contributed by atoms with Crippen molar-refractivity contribution in [3.63, 3.8) is 0 Å². The molecular weight excluding hydrogens is 404 g/mol. The molecule has 0 radical (unpaired) electrons. The number of esters is 2. The van der Waals surface area contributed by atoms with Gasteiger partial charge in [0.15, 0.2) is 0 Å². The third-order valence-electron chi connectivity index (χ3n) is 3.19. The van der Waals surface area contributed by atoms with Gasteiger partial charge in [-0.3, -0.25) is 0 Å². The monoisotopic (exact) mass is 413 g/mol. The Kier molecular flexibility index (Phi) is 6.22. The lowest BCUT2D eigenvalue weighted by molar-refractivity contribution is -0.140. The van der Waals surface area contributed by atoms with Crippen LogP contribution < -0.4 is 4.90 Å². The predicted octanol–water partition coefficient (Wildman–Crippen LogP) is 3.69. The maximum Gasteiger partial charge on any atom is 0.355 e. The highest BCUT2D eigenvalue weighted by atomic mass is 35.5. The Hall–Kier alpha value is -1.18. The molecule has 0 amide bonds. The zero-order valence-corrected chi connectivity index (χ0v) is 15.5. The first-order chi connectivity index (χ1) is 11.3. The molecule has 0 unspecified atom stereocenters. The van der Waals surface area contributed by atoms with E-state index in [-0.39, 0.29) is 50.4 Å². The molecule has 1 aromatic rings. The van der Waals surface area contributed by atoms with Crippen molar-refractivity contribution in [1.82, 2.24) is 0 Å². The number of rotatable bonds is 3. The van der Waals surface area contributed by atoms with E-state index in [2.05, 4.69) is 4.74 Å². The van der Waals surface area contributed by atoms with Crippen LogP contribution >= 0.6 is 46.4 Å². The minimum absolute atomic E-state index is 0.00489. The number of methoxy groups -OCH3 is 2. The molecule has 0 aromatic heterocycles. The molecule has 0 aliphatic carbocycles. The zero-order valence-electron chi connectivity index (χ0n) is 12.5. The zero-order chi connectivity index (χ0) is 18.0. The maximum absolute atomic E-state index is 12.2. The summed E-state index contributed by atoms with van der Waals surface area (Å²) >= 11 is 24.4. The van der Waals surface area contributed by atoms with Crippen molar-refractivity contribution >= 4 is 64.0 Å². The minimum Gasteiger partial charge on any atom is -0.466 e. The summed E-state index contributed by atoms with van der Waals surface area (Å²) in [5, 5.41) is 0.313. The van der Waals surface area contributed by atoms with Crippen molar-refractivity contribution in [2.75, 3.05) is 32.5 Å². The summed E-state index contributed by atoms with van der Waals surface area (Å²) in [7, 11) is 2.36. The van der Waals surface area contributed by atoms with E-state index in [0.29, 0.717) is 0 Å². The van der Waals surface area contributed by atoms with E-state index in [4.69, 9.17) is 55.9 Å². The first-order valence-corrected chi connectivity index (χ1v) is 7.92. The summed E-state index contributed by atoms with van der Waals surface area (Å²) in [5.41, 5.74) is 0.0285. The highest BCUT2D eigenvalue weighted by Gasteiger charge is 2.35. The third-order valence-corrected chi connectivity index (χ3v) is 4.73. The molecule has 130 valence electrons. The van der Waals surface area contributed by atoms with Crippen LogP contribution in [-0.2, 0) is 23.8 Å². The topological polar surface area (TPSA) is 65.1 Å². The number of benzene rings is 1. The van der Waals surface area contributed by atoms with Crippen molar-refractivity contribution in [3.05, 3.63) is 37.4 Å². The molecule has 0 bridgehead atoms. The predicted molar refractivity (Wildman–Crippen MR) is 90.8 cm³/mol. The number of carbonyl (C=O) groups excluding carboxylic acids is 2. The van der Waals surface area contributed by atoms with Crippen molar-refractivity contribution in [3.8, 4) is 0 Å². The molecule has 0 fully saturated rings. The number of halogens is 4. The van der Waals surface area contributed by atoms with Gasteiger partial charge >= 0.3 is 11.9 Å². The summed E-state index contributed by atoms with van der Waals surface area (Å²) in [4.78, 5) is 25.5. The lowest BCUT2D eigenvalue weighted by atomic mass is 10.1. The molecule has 0 atom stereocenters. The molecular formula is C14H11Cl4NO5. The van der Waals surface area contributed by atoms with Crippen LogP contribution in [0.2, 0.25) is 20.1 Å². The lowest BCUT2D eigenvalue weighted by Gasteiger charge is -2.32. The van der Waals surface area contributed by atoms with E-state index in [0.717, 1.165) is 0 Å². The molecule has 1 aliphatic heterocycles. The highest BCUT2D eigenvalue weighted by molar-refractivity contribution is 6.51. The van der Waals surface area contributed by atoms with E-state index in [9.17, 15) is 9.59 Å². The molecule has 0 saturated carbocycles. The summed E-state index contributed by atoms with van der Waals surface area (Å²) in [6.45, 7) is -0.244. The summed E-state index contributed by atoms with van der Waals surface area (Å²) in [6.07, 6.45) is 0. The van der Waals surface area contributed by atoms with Crippen LogP contribution in [0.4, 0.5) is 5.69 Å². The van der Waals surface area contributed by atoms with Gasteiger partial charge in [0.1, 0.15) is 12.4 Å². The number of anilines is 1. The number of nitrogens with zero attached hydrogens (tertiary/aromatic N) is 1. The van der Waals surface area contributed by atoms with Gasteiger partial charge in [0.2, 0.25) is 0 Å². The Morgan fingerprint density at radius 2 is 1.67 bits per heavy atom. The van der Waals surface area contributed by atoms with Gasteiger partial charge in [0, 0.05) is 0 Å². The summed E-state index contributed by atoms with van der Waals surface area (Å²) in [5.74, 6) is -1.52. The number of carbonyl (C=O) groups is 2. The van der Waals surface area contributed by atoms with E-state index in [1.54, 1.807) is 0 Å². The van der Waals surface area contributed by atoms with E-state index in [1.807, 2.05) is 0 Å². The first-order valence-electron chi connectivity index (χ1n) is 6.41. The lowest BCUT2D eigenvalue weighted by Crippen LogP contribution is -2.39. The smallest absolute Gasteiger partial charge is 0.355 e. The van der Waals surface area contributed by atoms with Crippen LogP contribution in [0.3, 0.4) is 0 Å². The second-order valence-electron chi connectivity index (χ2n) is 4.53. The van der Waals surface area contributed by atoms with Crippen LogP contribution in [-0.4, -0.2) is 39.5 Å². The average Bonchev–Trinajstić information content (AvgIpc) is 2.58. The largest absolute Gasteiger partial charge is 0.466 e. The van der Waals surface area contributed by atoms with Crippen molar-refractivity contribution in [1.29, 1.82) is 0 Å². The van der Waals surface area contributed by atoms with Crippen LogP contribution in [0, 0.1) is 0 Å². The number of ether oxygens (including phenoxy) is 3. The van der Waals surface area contributed by atoms with Gasteiger partial charge in [0.25, 0.3) is 0 Å². The fourth-order valence-corrected chi connectivity index (χ4v) is 3.24. The Balaban J connectivity index is 2.71. The molecule has 6 nitrogen and oxygen atoms in total. The Morgan fingerprint density at radius 1 is 1.04 bits per heavy atom. The quantitative estimate of drug-likeness (QED) is 0.427. The summed E-state index contributed by atoms with van der Waals surface area (Å²) < 4.78 is 14.8. The van der Waals surface area contributed by atoms with Gasteiger partial charge in [-0.25, -0.2) is 9.59 Å². The first kappa shape index (κ1) is 19.1. The molecule has 24 heavy (non-hydrogen) atoms. The van der Waals surface area contributed by atoms with Crippen molar-refractivity contribution < 1.29 is 23.8 Å². The van der Waals surface area contributed by atoms with Crippen LogP contribution in [0.5, 0.6) is 0 Å². The molecule has 2 rings (SSSR count). The molecule has 1 heterocycles. The number of hydrogen-bond acceptors (Lipinski definition) is 6. The Labute approximate surface area is 157 Å². The fourth-order valence-electron chi connectivity index (χ4n) is 2.12. The van der Waals surface area contributed by atoms with E-state index in [1.165, 1.54) is 25.2 Å². The molecule has 0 N–H and O–H groups in total. The maximum atomic E-state index is 12.2. The molecule has 10 heteroatoms. The van der Waals surface area contributed by atoms with Gasteiger partial charge in [0.05, 0.1) is 52.2 Å².